The Morgan fingerprint density at radius 2 is 1.69 bits per heavy atom. The van der Waals surface area contributed by atoms with Gasteiger partial charge in [0.15, 0.2) is 11.5 Å². The maximum absolute atomic E-state index is 5.99. The number of nitrogens with zero attached hydrogens (tertiary/aromatic N) is 1. The molecule has 0 aliphatic rings. The van der Waals surface area contributed by atoms with Crippen molar-refractivity contribution >= 4 is 17.8 Å². The van der Waals surface area contributed by atoms with Crippen molar-refractivity contribution in [2.45, 2.75) is 13.2 Å². The topological polar surface area (TPSA) is 52.1 Å². The summed E-state index contributed by atoms with van der Waals surface area (Å²) in [5, 5.41) is 4.97. The molecule has 0 radical (unpaired) electrons. The van der Waals surface area contributed by atoms with Gasteiger partial charge in [0.25, 0.3) is 0 Å². The highest BCUT2D eigenvalue weighted by Crippen LogP contribution is 2.27. The highest BCUT2D eigenvalue weighted by atomic mass is 35.5. The van der Waals surface area contributed by atoms with E-state index in [9.17, 15) is 0 Å². The molecule has 0 amide bonds. The van der Waals surface area contributed by atoms with Crippen molar-refractivity contribution in [2.24, 2.45) is 5.10 Å². The van der Waals surface area contributed by atoms with Crippen LogP contribution in [0.3, 0.4) is 0 Å². The van der Waals surface area contributed by atoms with Crippen LogP contribution < -0.4 is 19.6 Å². The van der Waals surface area contributed by atoms with Gasteiger partial charge in [0.2, 0.25) is 0 Å². The van der Waals surface area contributed by atoms with Crippen molar-refractivity contribution < 1.29 is 14.2 Å². The summed E-state index contributed by atoms with van der Waals surface area (Å²) in [5.74, 6) is 2.20. The number of hydrazone groups is 1. The molecular formula is C23H23ClN2O3. The van der Waals surface area contributed by atoms with E-state index in [1.165, 1.54) is 0 Å². The van der Waals surface area contributed by atoms with Gasteiger partial charge in [-0.2, -0.15) is 5.10 Å². The van der Waals surface area contributed by atoms with Crippen molar-refractivity contribution in [3.63, 3.8) is 0 Å². The van der Waals surface area contributed by atoms with Crippen LogP contribution in [0.2, 0.25) is 5.02 Å². The van der Waals surface area contributed by atoms with E-state index < -0.39 is 0 Å². The molecule has 0 saturated carbocycles. The summed E-state index contributed by atoms with van der Waals surface area (Å²) < 4.78 is 16.3. The van der Waals surface area contributed by atoms with Gasteiger partial charge < -0.3 is 19.6 Å². The Labute approximate surface area is 175 Å². The van der Waals surface area contributed by atoms with Crippen LogP contribution in [0, 0.1) is 0 Å². The number of ether oxygens (including phenoxy) is 3. The molecule has 1 N–H and O–H groups in total. The van der Waals surface area contributed by atoms with Crippen molar-refractivity contribution in [3.05, 3.63) is 88.4 Å². The van der Waals surface area contributed by atoms with Crippen molar-refractivity contribution in [3.8, 4) is 17.2 Å². The minimum absolute atomic E-state index is 0.473. The first-order chi connectivity index (χ1) is 14.2. The Balaban J connectivity index is 1.48. The number of benzene rings is 3. The predicted molar refractivity (Wildman–Crippen MR) is 116 cm³/mol. The molecule has 5 nitrogen and oxygen atoms in total. The lowest BCUT2D eigenvalue weighted by atomic mass is 10.2. The van der Waals surface area contributed by atoms with E-state index in [0.29, 0.717) is 29.7 Å². The molecule has 6 heteroatoms. The van der Waals surface area contributed by atoms with Crippen LogP contribution in [-0.4, -0.2) is 20.4 Å². The van der Waals surface area contributed by atoms with Crippen LogP contribution in [0.25, 0.3) is 0 Å². The van der Waals surface area contributed by atoms with Gasteiger partial charge in [0.1, 0.15) is 12.4 Å². The molecule has 0 aliphatic heterocycles. The van der Waals surface area contributed by atoms with Gasteiger partial charge in [-0.1, -0.05) is 29.8 Å². The maximum atomic E-state index is 5.99. The zero-order valence-corrected chi connectivity index (χ0v) is 17.1. The highest BCUT2D eigenvalue weighted by molar-refractivity contribution is 6.30. The number of methoxy groups -OCH3 is 2. The SMILES string of the molecule is COc1ccc(CN/N=C/c2ccc(OCc3cccc(Cl)c3)cc2)cc1OC. The molecule has 0 spiro atoms. The second kappa shape index (κ2) is 10.4. The summed E-state index contributed by atoms with van der Waals surface area (Å²) >= 11 is 5.99. The van der Waals surface area contributed by atoms with Crippen LogP contribution >= 0.6 is 11.6 Å². The molecule has 150 valence electrons. The molecule has 0 fully saturated rings. The predicted octanol–water partition coefficient (Wildman–Crippen LogP) is 5.06. The van der Waals surface area contributed by atoms with E-state index in [1.54, 1.807) is 20.4 Å². The van der Waals surface area contributed by atoms with Gasteiger partial charge in [-0.05, 0) is 65.2 Å². The molecule has 0 aliphatic carbocycles. The number of hydrogen-bond acceptors (Lipinski definition) is 5. The smallest absolute Gasteiger partial charge is 0.161 e. The van der Waals surface area contributed by atoms with Crippen LogP contribution in [0.15, 0.2) is 71.8 Å². The fourth-order valence-electron chi connectivity index (χ4n) is 2.69. The van der Waals surface area contributed by atoms with Crippen LogP contribution in [0.4, 0.5) is 0 Å². The lowest BCUT2D eigenvalue weighted by Gasteiger charge is -2.09. The largest absolute Gasteiger partial charge is 0.493 e. The summed E-state index contributed by atoms with van der Waals surface area (Å²) in [6.07, 6.45) is 1.77. The monoisotopic (exact) mass is 410 g/mol. The first-order valence-electron chi connectivity index (χ1n) is 9.12. The molecule has 3 aromatic carbocycles. The van der Waals surface area contributed by atoms with Crippen LogP contribution in [-0.2, 0) is 13.2 Å². The minimum atomic E-state index is 0.473. The van der Waals surface area contributed by atoms with Crippen molar-refractivity contribution in [1.29, 1.82) is 0 Å². The van der Waals surface area contributed by atoms with E-state index in [0.717, 1.165) is 22.4 Å². The van der Waals surface area contributed by atoms with Crippen LogP contribution in [0.5, 0.6) is 17.2 Å². The normalized spacial score (nSPS) is 10.7. The number of halogens is 1. The molecule has 0 heterocycles. The molecule has 0 aromatic heterocycles. The first-order valence-corrected chi connectivity index (χ1v) is 9.50. The Hall–Kier alpha value is -3.18. The third-order valence-electron chi connectivity index (χ3n) is 4.21. The molecule has 3 rings (SSSR count). The Kier molecular flexibility index (Phi) is 7.36. The summed E-state index contributed by atoms with van der Waals surface area (Å²) in [5.41, 5.74) is 6.08. The third-order valence-corrected chi connectivity index (χ3v) is 4.45. The third kappa shape index (κ3) is 6.16. The zero-order valence-electron chi connectivity index (χ0n) is 16.4. The number of nitrogens with one attached hydrogen (secondary N) is 1. The van der Waals surface area contributed by atoms with Gasteiger partial charge in [-0.15, -0.1) is 0 Å². The summed E-state index contributed by atoms with van der Waals surface area (Å²) in [6.45, 7) is 1.05. The van der Waals surface area contributed by atoms with E-state index in [4.69, 9.17) is 25.8 Å². The van der Waals surface area contributed by atoms with E-state index >= 15 is 0 Å². The average Bonchev–Trinajstić information content (AvgIpc) is 2.76. The molecule has 0 atom stereocenters. The first kappa shape index (κ1) is 20.6. The minimum Gasteiger partial charge on any atom is -0.493 e. The van der Waals surface area contributed by atoms with Gasteiger partial charge in [0, 0.05) is 5.02 Å². The van der Waals surface area contributed by atoms with E-state index in [-0.39, 0.29) is 0 Å². The van der Waals surface area contributed by atoms with Gasteiger partial charge in [-0.3, -0.25) is 0 Å². The molecule has 0 unspecified atom stereocenters. The number of hydrogen-bond donors (Lipinski definition) is 1. The molecule has 3 aromatic rings. The summed E-state index contributed by atoms with van der Waals surface area (Å²) in [7, 11) is 3.24. The van der Waals surface area contributed by atoms with Gasteiger partial charge in [0.05, 0.1) is 27.0 Å². The van der Waals surface area contributed by atoms with Crippen molar-refractivity contribution in [2.75, 3.05) is 14.2 Å². The van der Waals surface area contributed by atoms with Gasteiger partial charge in [-0.25, -0.2) is 0 Å². The lowest BCUT2D eigenvalue weighted by Crippen LogP contribution is -2.06. The second-order valence-electron chi connectivity index (χ2n) is 6.27. The maximum Gasteiger partial charge on any atom is 0.161 e. The zero-order chi connectivity index (χ0) is 20.5. The molecule has 29 heavy (non-hydrogen) atoms. The average molecular weight is 411 g/mol. The fourth-order valence-corrected chi connectivity index (χ4v) is 2.90. The Morgan fingerprint density at radius 1 is 0.897 bits per heavy atom. The molecule has 0 bridgehead atoms. The fraction of sp³-hybridized carbons (Fsp3) is 0.174. The second-order valence-corrected chi connectivity index (χ2v) is 6.71. The quantitative estimate of drug-likeness (QED) is 0.395. The summed E-state index contributed by atoms with van der Waals surface area (Å²) in [4.78, 5) is 0. The summed E-state index contributed by atoms with van der Waals surface area (Å²) in [6, 6.07) is 21.1. The standard InChI is InChI=1S/C23H23ClN2O3/c1-27-22-11-8-18(13-23(22)28-2)15-26-25-14-17-6-9-21(10-7-17)29-16-19-4-3-5-20(24)12-19/h3-14,26H,15-16H2,1-2H3/b25-14+. The molecular weight excluding hydrogens is 388 g/mol. The van der Waals surface area contributed by atoms with Gasteiger partial charge >= 0.3 is 0 Å². The lowest BCUT2D eigenvalue weighted by molar-refractivity contribution is 0.306. The Morgan fingerprint density at radius 3 is 2.41 bits per heavy atom. The van der Waals surface area contributed by atoms with Crippen LogP contribution in [0.1, 0.15) is 16.7 Å². The highest BCUT2D eigenvalue weighted by Gasteiger charge is 2.03. The van der Waals surface area contributed by atoms with Crippen molar-refractivity contribution in [1.82, 2.24) is 5.43 Å². The molecule has 0 saturated heterocycles. The van der Waals surface area contributed by atoms with E-state index in [1.807, 2.05) is 66.7 Å². The number of rotatable bonds is 9. The van der Waals surface area contributed by atoms with E-state index in [2.05, 4.69) is 10.5 Å². The Bertz CT molecular complexity index is 959.